The van der Waals surface area contributed by atoms with Gasteiger partial charge in [-0.2, -0.15) is 5.26 Å². The summed E-state index contributed by atoms with van der Waals surface area (Å²) in [7, 11) is 0. The number of nitrogens with zero attached hydrogens (tertiary/aromatic N) is 3. The Bertz CT molecular complexity index is 1260. The molecule has 1 N–H and O–H groups in total. The van der Waals surface area contributed by atoms with Gasteiger partial charge in [0.15, 0.2) is 0 Å². The van der Waals surface area contributed by atoms with Crippen LogP contribution in [0.4, 0.5) is 5.69 Å². The summed E-state index contributed by atoms with van der Waals surface area (Å²) >= 11 is 14.9. The number of carbonyl (C=O) groups excluding carboxylic acids is 1. The van der Waals surface area contributed by atoms with E-state index in [1.165, 1.54) is 17.4 Å². The number of carbonyl (C=O) groups is 1. The van der Waals surface area contributed by atoms with Gasteiger partial charge in [0, 0.05) is 15.1 Å². The van der Waals surface area contributed by atoms with Crippen LogP contribution < -0.4 is 5.32 Å². The average Bonchev–Trinajstić information content (AvgIpc) is 3.31. The molecule has 1 amide bonds. The lowest BCUT2D eigenvalue weighted by Gasteiger charge is -2.06. The summed E-state index contributed by atoms with van der Waals surface area (Å²) in [6.45, 7) is 0. The normalized spacial score (nSPS) is 10.8. The predicted molar refractivity (Wildman–Crippen MR) is 116 cm³/mol. The fraction of sp³-hybridized carbons (Fsp3) is 0.0526. The van der Waals surface area contributed by atoms with Crippen molar-refractivity contribution in [2.75, 3.05) is 11.1 Å². The summed E-state index contributed by atoms with van der Waals surface area (Å²) in [5, 5.41) is 22.0. The fourth-order valence-corrected chi connectivity index (χ4v) is 4.71. The van der Waals surface area contributed by atoms with Gasteiger partial charge in [-0.15, -0.1) is 21.5 Å². The van der Waals surface area contributed by atoms with Gasteiger partial charge in [-0.1, -0.05) is 53.2 Å². The minimum Gasteiger partial charge on any atom is -0.410 e. The Morgan fingerprint density at radius 2 is 2.07 bits per heavy atom. The number of thiophene rings is 1. The summed E-state index contributed by atoms with van der Waals surface area (Å²) in [6.07, 6.45) is 0. The maximum absolute atomic E-state index is 12.2. The molecule has 2 heterocycles. The molecule has 6 nitrogen and oxygen atoms in total. The highest BCUT2D eigenvalue weighted by Gasteiger charge is 2.18. The average molecular weight is 461 g/mol. The molecule has 144 valence electrons. The van der Waals surface area contributed by atoms with Crippen molar-refractivity contribution in [3.05, 3.63) is 58.1 Å². The Kier molecular flexibility index (Phi) is 5.74. The Morgan fingerprint density at radius 3 is 2.86 bits per heavy atom. The zero-order valence-corrected chi connectivity index (χ0v) is 17.6. The van der Waals surface area contributed by atoms with E-state index in [9.17, 15) is 4.79 Å². The van der Waals surface area contributed by atoms with E-state index >= 15 is 0 Å². The highest BCUT2D eigenvalue weighted by Crippen LogP contribution is 2.41. The molecule has 2 aromatic carbocycles. The van der Waals surface area contributed by atoms with E-state index in [-0.39, 0.29) is 16.9 Å². The van der Waals surface area contributed by atoms with Gasteiger partial charge in [0.05, 0.1) is 22.0 Å². The third-order valence-corrected chi connectivity index (χ3v) is 6.56. The van der Waals surface area contributed by atoms with Crippen molar-refractivity contribution in [2.24, 2.45) is 0 Å². The smallest absolute Gasteiger partial charge is 0.277 e. The van der Waals surface area contributed by atoms with Crippen LogP contribution in [-0.2, 0) is 4.79 Å². The number of halogens is 2. The Morgan fingerprint density at radius 1 is 1.24 bits per heavy atom. The number of rotatable bonds is 5. The number of benzene rings is 2. The van der Waals surface area contributed by atoms with E-state index in [4.69, 9.17) is 32.9 Å². The van der Waals surface area contributed by atoms with Gasteiger partial charge in [-0.05, 0) is 24.3 Å². The molecule has 0 saturated carbocycles. The molecule has 0 aliphatic carbocycles. The number of aromatic nitrogens is 2. The van der Waals surface area contributed by atoms with Crippen LogP contribution in [0.3, 0.4) is 0 Å². The number of nitrogens with one attached hydrogen (secondary N) is 1. The fourth-order valence-electron chi connectivity index (χ4n) is 2.54. The van der Waals surface area contributed by atoms with Crippen LogP contribution in [-0.4, -0.2) is 21.9 Å². The minimum absolute atomic E-state index is 0.0269. The first-order valence-electron chi connectivity index (χ1n) is 8.18. The van der Waals surface area contributed by atoms with E-state index in [0.29, 0.717) is 32.1 Å². The molecule has 0 spiro atoms. The third-order valence-electron chi connectivity index (χ3n) is 3.84. The van der Waals surface area contributed by atoms with Crippen LogP contribution in [0.25, 0.3) is 20.9 Å². The molecular formula is C19H10Cl2N4O2S2. The standard InChI is InChI=1S/C19H10Cl2N4O2S2/c20-11-6-5-10(8-22)13(7-11)23-15(26)9-28-19-25-24-18(27-19)17-16(21)12-3-1-2-4-14(12)29-17/h1-7H,9H2,(H,23,26). The van der Waals surface area contributed by atoms with Crippen molar-refractivity contribution < 1.29 is 9.21 Å². The Hall–Kier alpha value is -2.57. The molecule has 0 aliphatic rings. The van der Waals surface area contributed by atoms with Crippen molar-refractivity contribution in [1.82, 2.24) is 10.2 Å². The van der Waals surface area contributed by atoms with E-state index < -0.39 is 0 Å². The molecule has 0 saturated heterocycles. The summed E-state index contributed by atoms with van der Waals surface area (Å²) in [5.74, 6) is 0.00762. The molecule has 10 heteroatoms. The first kappa shape index (κ1) is 19.7. The number of anilines is 1. The van der Waals surface area contributed by atoms with Gasteiger partial charge in [-0.3, -0.25) is 4.79 Å². The molecular weight excluding hydrogens is 451 g/mol. The predicted octanol–water partition coefficient (Wildman–Crippen LogP) is 5.86. The first-order chi connectivity index (χ1) is 14.0. The number of fused-ring (bicyclic) bond motifs is 1. The highest BCUT2D eigenvalue weighted by atomic mass is 35.5. The van der Waals surface area contributed by atoms with Crippen LogP contribution in [0.15, 0.2) is 52.1 Å². The van der Waals surface area contributed by atoms with Gasteiger partial charge < -0.3 is 9.73 Å². The lowest BCUT2D eigenvalue weighted by molar-refractivity contribution is -0.113. The number of hydrogen-bond donors (Lipinski definition) is 1. The van der Waals surface area contributed by atoms with Gasteiger partial charge in [0.2, 0.25) is 5.91 Å². The quantitative estimate of drug-likeness (QED) is 0.374. The van der Waals surface area contributed by atoms with Crippen LogP contribution in [0, 0.1) is 11.3 Å². The molecule has 0 atom stereocenters. The summed E-state index contributed by atoms with van der Waals surface area (Å²) in [4.78, 5) is 12.9. The lowest BCUT2D eigenvalue weighted by Crippen LogP contribution is -2.15. The Balaban J connectivity index is 1.44. The van der Waals surface area contributed by atoms with Gasteiger partial charge >= 0.3 is 0 Å². The molecule has 0 unspecified atom stereocenters. The molecule has 29 heavy (non-hydrogen) atoms. The van der Waals surface area contributed by atoms with E-state index in [1.54, 1.807) is 12.1 Å². The van der Waals surface area contributed by atoms with Crippen molar-refractivity contribution >= 4 is 68.0 Å². The molecule has 0 radical (unpaired) electrons. The number of hydrogen-bond acceptors (Lipinski definition) is 7. The summed E-state index contributed by atoms with van der Waals surface area (Å²) < 4.78 is 6.68. The van der Waals surface area contributed by atoms with Gasteiger partial charge in [0.25, 0.3) is 11.1 Å². The second-order valence-electron chi connectivity index (χ2n) is 5.75. The molecule has 4 aromatic rings. The zero-order chi connectivity index (χ0) is 20.4. The molecule has 0 aliphatic heterocycles. The van der Waals surface area contributed by atoms with Crippen LogP contribution >= 0.6 is 46.3 Å². The SMILES string of the molecule is N#Cc1ccc(Cl)cc1NC(=O)CSc1nnc(-c2sc3ccccc3c2Cl)o1. The van der Waals surface area contributed by atoms with Crippen molar-refractivity contribution in [3.63, 3.8) is 0 Å². The summed E-state index contributed by atoms with van der Waals surface area (Å²) in [6, 6.07) is 14.4. The number of amides is 1. The maximum Gasteiger partial charge on any atom is 0.277 e. The highest BCUT2D eigenvalue weighted by molar-refractivity contribution is 7.99. The molecule has 0 bridgehead atoms. The van der Waals surface area contributed by atoms with E-state index in [2.05, 4.69) is 15.5 Å². The van der Waals surface area contributed by atoms with E-state index in [0.717, 1.165) is 21.8 Å². The van der Waals surface area contributed by atoms with Gasteiger partial charge in [0.1, 0.15) is 10.9 Å². The van der Waals surface area contributed by atoms with Gasteiger partial charge in [-0.25, -0.2) is 0 Å². The van der Waals surface area contributed by atoms with Crippen LogP contribution in [0.1, 0.15) is 5.56 Å². The minimum atomic E-state index is -0.326. The van der Waals surface area contributed by atoms with Crippen molar-refractivity contribution in [3.8, 4) is 16.8 Å². The second kappa shape index (κ2) is 8.43. The lowest BCUT2D eigenvalue weighted by atomic mass is 10.2. The molecule has 4 rings (SSSR count). The largest absolute Gasteiger partial charge is 0.410 e. The van der Waals surface area contributed by atoms with Crippen molar-refractivity contribution in [2.45, 2.75) is 5.22 Å². The first-order valence-corrected chi connectivity index (χ1v) is 10.7. The maximum atomic E-state index is 12.2. The second-order valence-corrected chi connectivity index (χ2v) is 8.55. The zero-order valence-electron chi connectivity index (χ0n) is 14.5. The van der Waals surface area contributed by atoms with Crippen molar-refractivity contribution in [1.29, 1.82) is 5.26 Å². The molecule has 2 aromatic heterocycles. The number of thioether (sulfide) groups is 1. The molecule has 0 fully saturated rings. The Labute approximate surface area is 183 Å². The van der Waals surface area contributed by atoms with Crippen LogP contribution in [0.5, 0.6) is 0 Å². The topological polar surface area (TPSA) is 91.8 Å². The van der Waals surface area contributed by atoms with Crippen LogP contribution in [0.2, 0.25) is 10.0 Å². The van der Waals surface area contributed by atoms with E-state index in [1.807, 2.05) is 30.3 Å². The third kappa shape index (κ3) is 4.23. The summed E-state index contributed by atoms with van der Waals surface area (Å²) in [5.41, 5.74) is 0.682. The number of nitriles is 1. The monoisotopic (exact) mass is 460 g/mol.